The normalized spacial score (nSPS) is 14.6. The van der Waals surface area contributed by atoms with E-state index in [0.717, 1.165) is 6.20 Å². The maximum atomic E-state index is 12.8. The molecule has 5 heteroatoms. The molecule has 1 rings (SSSR count). The van der Waals surface area contributed by atoms with Gasteiger partial charge in [-0.25, -0.2) is 4.39 Å². The first-order valence-corrected chi connectivity index (χ1v) is 5.62. The molecule has 4 nitrogen and oxygen atoms in total. The van der Waals surface area contributed by atoms with Gasteiger partial charge in [0.05, 0.1) is 11.9 Å². The quantitative estimate of drug-likeness (QED) is 0.814. The number of halogens is 1. The van der Waals surface area contributed by atoms with Crippen molar-refractivity contribution in [3.8, 4) is 0 Å². The maximum absolute atomic E-state index is 12.8. The Balaban J connectivity index is 3.21. The summed E-state index contributed by atoms with van der Waals surface area (Å²) in [5.41, 5.74) is 4.87. The molecule has 1 amide bonds. The van der Waals surface area contributed by atoms with E-state index in [2.05, 4.69) is 10.3 Å². The standard InChI is InChI=1S/C12H18FN3O/c1-4-12(11(14)17,16-8(2)3)10-6-5-9(13)7-15-10/h5-8,16H,4H2,1-3H3,(H2,14,17). The number of hydrogen-bond acceptors (Lipinski definition) is 3. The van der Waals surface area contributed by atoms with Gasteiger partial charge >= 0.3 is 0 Å². The van der Waals surface area contributed by atoms with Gasteiger partial charge in [0.2, 0.25) is 5.91 Å². The Hall–Kier alpha value is -1.49. The van der Waals surface area contributed by atoms with Gasteiger partial charge in [-0.2, -0.15) is 0 Å². The largest absolute Gasteiger partial charge is 0.368 e. The lowest BCUT2D eigenvalue weighted by molar-refractivity contribution is -0.125. The summed E-state index contributed by atoms with van der Waals surface area (Å²) in [7, 11) is 0. The summed E-state index contributed by atoms with van der Waals surface area (Å²) in [5, 5.41) is 3.12. The summed E-state index contributed by atoms with van der Waals surface area (Å²) >= 11 is 0. The number of nitrogens with one attached hydrogen (secondary N) is 1. The molecular weight excluding hydrogens is 221 g/mol. The second-order valence-corrected chi connectivity index (χ2v) is 4.28. The second-order valence-electron chi connectivity index (χ2n) is 4.28. The van der Waals surface area contributed by atoms with E-state index in [0.29, 0.717) is 12.1 Å². The lowest BCUT2D eigenvalue weighted by atomic mass is 9.89. The van der Waals surface area contributed by atoms with Crippen LogP contribution in [0.5, 0.6) is 0 Å². The van der Waals surface area contributed by atoms with Gasteiger partial charge in [-0.1, -0.05) is 6.92 Å². The van der Waals surface area contributed by atoms with Gasteiger partial charge in [0.1, 0.15) is 11.4 Å². The molecule has 17 heavy (non-hydrogen) atoms. The van der Waals surface area contributed by atoms with E-state index in [1.165, 1.54) is 12.1 Å². The molecule has 0 aliphatic rings. The summed E-state index contributed by atoms with van der Waals surface area (Å²) < 4.78 is 12.8. The van der Waals surface area contributed by atoms with Crippen molar-refractivity contribution >= 4 is 5.91 Å². The SMILES string of the molecule is CCC(NC(C)C)(C(N)=O)c1ccc(F)cn1. The molecule has 1 heterocycles. The van der Waals surface area contributed by atoms with Crippen LogP contribution in [-0.2, 0) is 10.3 Å². The second kappa shape index (κ2) is 5.23. The Bertz CT molecular complexity index is 391. The molecule has 0 fully saturated rings. The highest BCUT2D eigenvalue weighted by molar-refractivity contribution is 5.85. The van der Waals surface area contributed by atoms with Crippen LogP contribution in [-0.4, -0.2) is 16.9 Å². The highest BCUT2D eigenvalue weighted by Gasteiger charge is 2.38. The first kappa shape index (κ1) is 13.6. The minimum atomic E-state index is -1.04. The number of nitrogens with zero attached hydrogens (tertiary/aromatic N) is 1. The number of hydrogen-bond donors (Lipinski definition) is 2. The average molecular weight is 239 g/mol. The summed E-state index contributed by atoms with van der Waals surface area (Å²) in [6.45, 7) is 5.67. The molecule has 94 valence electrons. The molecule has 3 N–H and O–H groups in total. The topological polar surface area (TPSA) is 68.0 Å². The van der Waals surface area contributed by atoms with E-state index in [4.69, 9.17) is 5.73 Å². The van der Waals surface area contributed by atoms with Crippen LogP contribution in [0.25, 0.3) is 0 Å². The molecule has 0 aliphatic carbocycles. The zero-order valence-electron chi connectivity index (χ0n) is 10.3. The number of rotatable bonds is 5. The molecule has 1 atom stereocenters. The third kappa shape index (κ3) is 2.79. The fourth-order valence-electron chi connectivity index (χ4n) is 1.85. The Kier molecular flexibility index (Phi) is 4.17. The summed E-state index contributed by atoms with van der Waals surface area (Å²) in [6.07, 6.45) is 1.55. The van der Waals surface area contributed by atoms with Crippen LogP contribution in [0.2, 0.25) is 0 Å². The molecule has 1 aromatic heterocycles. The highest BCUT2D eigenvalue weighted by atomic mass is 19.1. The number of primary amides is 1. The third-order valence-corrected chi connectivity index (χ3v) is 2.65. The van der Waals surface area contributed by atoms with Crippen LogP contribution >= 0.6 is 0 Å². The molecule has 0 aromatic carbocycles. The van der Waals surface area contributed by atoms with Crippen LogP contribution in [0, 0.1) is 5.82 Å². The van der Waals surface area contributed by atoms with Crippen molar-refractivity contribution in [3.63, 3.8) is 0 Å². The lowest BCUT2D eigenvalue weighted by Gasteiger charge is -2.32. The Morgan fingerprint density at radius 2 is 2.24 bits per heavy atom. The van der Waals surface area contributed by atoms with Gasteiger partial charge in [-0.15, -0.1) is 0 Å². The van der Waals surface area contributed by atoms with Crippen molar-refractivity contribution < 1.29 is 9.18 Å². The lowest BCUT2D eigenvalue weighted by Crippen LogP contribution is -2.55. The number of amides is 1. The van der Waals surface area contributed by atoms with Crippen molar-refractivity contribution in [3.05, 3.63) is 29.8 Å². The fraction of sp³-hybridized carbons (Fsp3) is 0.500. The number of pyridine rings is 1. The minimum absolute atomic E-state index is 0.0642. The first-order chi connectivity index (χ1) is 7.92. The summed E-state index contributed by atoms with van der Waals surface area (Å²) in [4.78, 5) is 15.7. The van der Waals surface area contributed by atoms with Gasteiger partial charge in [0.25, 0.3) is 0 Å². The molecule has 1 unspecified atom stereocenters. The number of carbonyl (C=O) groups excluding carboxylic acids is 1. The molecular formula is C12H18FN3O. The molecule has 0 aliphatic heterocycles. The van der Waals surface area contributed by atoms with Gasteiger partial charge in [0.15, 0.2) is 0 Å². The van der Waals surface area contributed by atoms with E-state index in [9.17, 15) is 9.18 Å². The molecule has 0 bridgehead atoms. The van der Waals surface area contributed by atoms with E-state index in [-0.39, 0.29) is 6.04 Å². The van der Waals surface area contributed by atoms with E-state index in [1.807, 2.05) is 20.8 Å². The highest BCUT2D eigenvalue weighted by Crippen LogP contribution is 2.23. The van der Waals surface area contributed by atoms with Gasteiger partial charge in [-0.3, -0.25) is 15.1 Å². The molecule has 0 spiro atoms. The van der Waals surface area contributed by atoms with Crippen molar-refractivity contribution in [1.82, 2.24) is 10.3 Å². The van der Waals surface area contributed by atoms with Crippen LogP contribution in [0.1, 0.15) is 32.9 Å². The van der Waals surface area contributed by atoms with E-state index < -0.39 is 17.3 Å². The van der Waals surface area contributed by atoms with Crippen molar-refractivity contribution in [2.45, 2.75) is 38.8 Å². The molecule has 1 aromatic rings. The van der Waals surface area contributed by atoms with Crippen LogP contribution in [0.15, 0.2) is 18.3 Å². The minimum Gasteiger partial charge on any atom is -0.368 e. The number of nitrogens with two attached hydrogens (primary N) is 1. The van der Waals surface area contributed by atoms with Crippen LogP contribution in [0.4, 0.5) is 4.39 Å². The van der Waals surface area contributed by atoms with Gasteiger partial charge in [-0.05, 0) is 32.4 Å². The Morgan fingerprint density at radius 3 is 2.59 bits per heavy atom. The van der Waals surface area contributed by atoms with Gasteiger partial charge in [0, 0.05) is 6.04 Å². The molecule has 0 radical (unpaired) electrons. The van der Waals surface area contributed by atoms with Crippen LogP contribution < -0.4 is 11.1 Å². The summed E-state index contributed by atoms with van der Waals surface area (Å²) in [5.74, 6) is -0.944. The fourth-order valence-corrected chi connectivity index (χ4v) is 1.85. The monoisotopic (exact) mass is 239 g/mol. The van der Waals surface area contributed by atoms with Crippen molar-refractivity contribution in [2.75, 3.05) is 0 Å². The van der Waals surface area contributed by atoms with E-state index in [1.54, 1.807) is 0 Å². The van der Waals surface area contributed by atoms with Crippen molar-refractivity contribution in [1.29, 1.82) is 0 Å². The first-order valence-electron chi connectivity index (χ1n) is 5.62. The smallest absolute Gasteiger partial charge is 0.243 e. The average Bonchev–Trinajstić information content (AvgIpc) is 2.26. The zero-order chi connectivity index (χ0) is 13.1. The predicted octanol–water partition coefficient (Wildman–Crippen LogP) is 1.31. The van der Waals surface area contributed by atoms with Crippen molar-refractivity contribution in [2.24, 2.45) is 5.73 Å². The van der Waals surface area contributed by atoms with E-state index >= 15 is 0 Å². The Morgan fingerprint density at radius 1 is 1.59 bits per heavy atom. The molecule has 0 saturated carbocycles. The van der Waals surface area contributed by atoms with Gasteiger partial charge < -0.3 is 5.73 Å². The van der Waals surface area contributed by atoms with Crippen LogP contribution in [0.3, 0.4) is 0 Å². The zero-order valence-corrected chi connectivity index (χ0v) is 10.3. The predicted molar refractivity (Wildman–Crippen MR) is 63.6 cm³/mol. The molecule has 0 saturated heterocycles. The summed E-state index contributed by atoms with van der Waals surface area (Å²) in [6, 6.07) is 2.82. The number of aromatic nitrogens is 1. The Labute approximate surface area is 100 Å². The number of carbonyl (C=O) groups is 1. The third-order valence-electron chi connectivity index (χ3n) is 2.65. The maximum Gasteiger partial charge on any atom is 0.243 e.